The number of carbonyl (C=O) groups excluding carboxylic acids is 1. The van der Waals surface area contributed by atoms with Crippen LogP contribution in [0.1, 0.15) is 17.3 Å². The monoisotopic (exact) mass is 278 g/mol. The Morgan fingerprint density at radius 3 is 2.67 bits per heavy atom. The summed E-state index contributed by atoms with van der Waals surface area (Å²) < 4.78 is 26.7. The van der Waals surface area contributed by atoms with Crippen LogP contribution >= 0.6 is 11.6 Å². The summed E-state index contributed by atoms with van der Waals surface area (Å²) >= 11 is 5.45. The SMILES string of the molecule is CC(CCl)NC(=O)c1cc(F)cc([N+](=O)[O-])c1F. The smallest absolute Gasteiger partial charge is 0.308 e. The molecule has 0 saturated carbocycles. The van der Waals surface area contributed by atoms with E-state index in [0.717, 1.165) is 0 Å². The first-order valence-electron chi connectivity index (χ1n) is 4.87. The van der Waals surface area contributed by atoms with Gasteiger partial charge in [-0.25, -0.2) is 4.39 Å². The van der Waals surface area contributed by atoms with Crippen molar-refractivity contribution in [3.8, 4) is 0 Å². The zero-order chi connectivity index (χ0) is 13.9. The van der Waals surface area contributed by atoms with Crippen molar-refractivity contribution in [3.63, 3.8) is 0 Å². The van der Waals surface area contributed by atoms with Gasteiger partial charge in [-0.3, -0.25) is 14.9 Å². The number of nitro groups is 1. The van der Waals surface area contributed by atoms with Crippen molar-refractivity contribution in [2.75, 3.05) is 5.88 Å². The lowest BCUT2D eigenvalue weighted by Gasteiger charge is -2.10. The minimum atomic E-state index is -1.37. The van der Waals surface area contributed by atoms with Crippen LogP contribution in [-0.2, 0) is 0 Å². The molecule has 1 aromatic rings. The van der Waals surface area contributed by atoms with Gasteiger partial charge >= 0.3 is 5.69 Å². The van der Waals surface area contributed by atoms with Gasteiger partial charge in [-0.15, -0.1) is 11.6 Å². The number of rotatable bonds is 4. The molecular formula is C10H9ClF2N2O3. The third-order valence-electron chi connectivity index (χ3n) is 2.07. The van der Waals surface area contributed by atoms with Gasteiger partial charge in [0.15, 0.2) is 0 Å². The Morgan fingerprint density at radius 1 is 1.56 bits per heavy atom. The van der Waals surface area contributed by atoms with Gasteiger partial charge in [-0.1, -0.05) is 0 Å². The maximum Gasteiger partial charge on any atom is 0.308 e. The molecule has 5 nitrogen and oxygen atoms in total. The molecule has 1 aromatic carbocycles. The molecule has 0 fully saturated rings. The van der Waals surface area contributed by atoms with Crippen LogP contribution in [0.25, 0.3) is 0 Å². The number of benzene rings is 1. The third-order valence-corrected chi connectivity index (χ3v) is 2.53. The first kappa shape index (κ1) is 14.3. The molecule has 98 valence electrons. The molecule has 0 bridgehead atoms. The number of hydrogen-bond donors (Lipinski definition) is 1. The molecule has 1 unspecified atom stereocenters. The quantitative estimate of drug-likeness (QED) is 0.521. The summed E-state index contributed by atoms with van der Waals surface area (Å²) in [5, 5.41) is 12.8. The van der Waals surface area contributed by atoms with Gasteiger partial charge < -0.3 is 5.32 Å². The van der Waals surface area contributed by atoms with Crippen LogP contribution in [0.3, 0.4) is 0 Å². The fraction of sp³-hybridized carbons (Fsp3) is 0.300. The van der Waals surface area contributed by atoms with Crippen LogP contribution in [0.2, 0.25) is 0 Å². The van der Waals surface area contributed by atoms with Gasteiger partial charge in [-0.2, -0.15) is 4.39 Å². The number of nitrogens with zero attached hydrogens (tertiary/aromatic N) is 1. The zero-order valence-corrected chi connectivity index (χ0v) is 10.0. The van der Waals surface area contributed by atoms with Crippen molar-refractivity contribution in [1.29, 1.82) is 0 Å². The predicted octanol–water partition coefficient (Wildman–Crippen LogP) is 2.23. The van der Waals surface area contributed by atoms with Gasteiger partial charge in [0.1, 0.15) is 5.82 Å². The Bertz CT molecular complexity index is 496. The minimum Gasteiger partial charge on any atom is -0.348 e. The summed E-state index contributed by atoms with van der Waals surface area (Å²) in [5.41, 5.74) is -1.81. The topological polar surface area (TPSA) is 72.2 Å². The lowest BCUT2D eigenvalue weighted by molar-refractivity contribution is -0.387. The normalized spacial score (nSPS) is 12.0. The van der Waals surface area contributed by atoms with E-state index in [1.54, 1.807) is 6.92 Å². The first-order valence-corrected chi connectivity index (χ1v) is 5.40. The largest absolute Gasteiger partial charge is 0.348 e. The number of alkyl halides is 1. The van der Waals surface area contributed by atoms with Gasteiger partial charge in [0.05, 0.1) is 16.6 Å². The highest BCUT2D eigenvalue weighted by molar-refractivity contribution is 6.18. The number of hydrogen-bond acceptors (Lipinski definition) is 3. The fourth-order valence-corrected chi connectivity index (χ4v) is 1.29. The van der Waals surface area contributed by atoms with Crippen molar-refractivity contribution in [3.05, 3.63) is 39.4 Å². The van der Waals surface area contributed by atoms with E-state index in [9.17, 15) is 23.7 Å². The maximum atomic E-state index is 13.6. The van der Waals surface area contributed by atoms with Crippen molar-refractivity contribution >= 4 is 23.2 Å². The lowest BCUT2D eigenvalue weighted by Crippen LogP contribution is -2.34. The highest BCUT2D eigenvalue weighted by Gasteiger charge is 2.24. The molecule has 0 spiro atoms. The number of amides is 1. The van der Waals surface area contributed by atoms with Crippen molar-refractivity contribution in [2.45, 2.75) is 13.0 Å². The molecule has 0 aliphatic heterocycles. The summed E-state index contributed by atoms with van der Waals surface area (Å²) in [6.07, 6.45) is 0. The summed E-state index contributed by atoms with van der Waals surface area (Å²) in [4.78, 5) is 20.9. The molecule has 0 radical (unpaired) electrons. The van der Waals surface area contributed by atoms with E-state index < -0.39 is 39.8 Å². The van der Waals surface area contributed by atoms with E-state index in [4.69, 9.17) is 11.6 Å². The molecule has 1 N–H and O–H groups in total. The Labute approximate surface area is 106 Å². The van der Waals surface area contributed by atoms with Crippen LogP contribution in [0, 0.1) is 21.7 Å². The third kappa shape index (κ3) is 3.13. The number of nitrogens with one attached hydrogen (secondary N) is 1. The molecule has 1 amide bonds. The molecule has 0 heterocycles. The number of nitro benzene ring substituents is 1. The predicted molar refractivity (Wildman–Crippen MR) is 60.7 cm³/mol. The highest BCUT2D eigenvalue weighted by Crippen LogP contribution is 2.22. The molecule has 0 aliphatic carbocycles. The summed E-state index contributed by atoms with van der Waals surface area (Å²) in [6.45, 7) is 1.55. The minimum absolute atomic E-state index is 0.0742. The summed E-state index contributed by atoms with van der Waals surface area (Å²) in [5.74, 6) is -3.32. The van der Waals surface area contributed by atoms with E-state index >= 15 is 0 Å². The van der Waals surface area contributed by atoms with Crippen LogP contribution < -0.4 is 5.32 Å². The Kier molecular flexibility index (Phi) is 4.55. The van der Waals surface area contributed by atoms with Gasteiger partial charge in [0, 0.05) is 11.9 Å². The van der Waals surface area contributed by atoms with Crippen LogP contribution in [-0.4, -0.2) is 22.8 Å². The van der Waals surface area contributed by atoms with Gasteiger partial charge in [0.2, 0.25) is 5.82 Å². The molecular weight excluding hydrogens is 270 g/mol. The van der Waals surface area contributed by atoms with E-state index in [1.165, 1.54) is 0 Å². The average molecular weight is 279 g/mol. The van der Waals surface area contributed by atoms with Crippen molar-refractivity contribution in [2.24, 2.45) is 0 Å². The second kappa shape index (κ2) is 5.72. The molecule has 1 rings (SSSR count). The summed E-state index contributed by atoms with van der Waals surface area (Å²) in [6, 6.07) is 0.538. The lowest BCUT2D eigenvalue weighted by atomic mass is 10.1. The van der Waals surface area contributed by atoms with E-state index in [-0.39, 0.29) is 5.88 Å². The van der Waals surface area contributed by atoms with Gasteiger partial charge in [0.25, 0.3) is 5.91 Å². The summed E-state index contributed by atoms with van der Waals surface area (Å²) in [7, 11) is 0. The highest BCUT2D eigenvalue weighted by atomic mass is 35.5. The molecule has 0 aliphatic rings. The van der Waals surface area contributed by atoms with Crippen molar-refractivity contribution in [1.82, 2.24) is 5.32 Å². The van der Waals surface area contributed by atoms with E-state index in [2.05, 4.69) is 5.32 Å². The fourth-order valence-electron chi connectivity index (χ4n) is 1.21. The number of carbonyl (C=O) groups is 1. The first-order chi connectivity index (χ1) is 8.36. The maximum absolute atomic E-state index is 13.6. The Hall–Kier alpha value is -1.76. The Balaban J connectivity index is 3.16. The van der Waals surface area contributed by atoms with Crippen LogP contribution in [0.4, 0.5) is 14.5 Å². The van der Waals surface area contributed by atoms with E-state index in [1.807, 2.05) is 0 Å². The van der Waals surface area contributed by atoms with Crippen molar-refractivity contribution < 1.29 is 18.5 Å². The second-order valence-corrected chi connectivity index (χ2v) is 3.88. The molecule has 8 heteroatoms. The zero-order valence-electron chi connectivity index (χ0n) is 9.25. The Morgan fingerprint density at radius 2 is 2.17 bits per heavy atom. The standard InChI is InChI=1S/C10H9ClF2N2O3/c1-5(4-11)14-10(16)7-2-6(12)3-8(9(7)13)15(17)18/h2-3,5H,4H2,1H3,(H,14,16). The van der Waals surface area contributed by atoms with Gasteiger partial charge in [-0.05, 0) is 13.0 Å². The molecule has 0 aromatic heterocycles. The van der Waals surface area contributed by atoms with Crippen LogP contribution in [0.15, 0.2) is 12.1 Å². The molecule has 18 heavy (non-hydrogen) atoms. The molecule has 0 saturated heterocycles. The van der Waals surface area contributed by atoms with Crippen LogP contribution in [0.5, 0.6) is 0 Å². The average Bonchev–Trinajstić information content (AvgIpc) is 2.30. The second-order valence-electron chi connectivity index (χ2n) is 3.57. The number of halogens is 3. The van der Waals surface area contributed by atoms with E-state index in [0.29, 0.717) is 12.1 Å². The molecule has 1 atom stereocenters.